The van der Waals surface area contributed by atoms with Crippen molar-refractivity contribution in [2.75, 3.05) is 18.1 Å². The first-order valence-corrected chi connectivity index (χ1v) is 9.81. The van der Waals surface area contributed by atoms with Crippen LogP contribution in [-0.4, -0.2) is 53.3 Å². The van der Waals surface area contributed by atoms with Crippen molar-refractivity contribution < 1.29 is 13.2 Å². The maximum Gasteiger partial charge on any atom is 0.256 e. The van der Waals surface area contributed by atoms with E-state index < -0.39 is 9.84 Å². The van der Waals surface area contributed by atoms with Gasteiger partial charge in [-0.15, -0.1) is 0 Å². The summed E-state index contributed by atoms with van der Waals surface area (Å²) in [5, 5.41) is 0.791. The van der Waals surface area contributed by atoms with Gasteiger partial charge in [0.2, 0.25) is 0 Å². The first kappa shape index (κ1) is 14.7. The molecule has 6 nitrogen and oxygen atoms in total. The summed E-state index contributed by atoms with van der Waals surface area (Å²) < 4.78 is 24.3. The van der Waals surface area contributed by atoms with Crippen LogP contribution < -0.4 is 0 Å². The van der Waals surface area contributed by atoms with Crippen molar-refractivity contribution in [3.63, 3.8) is 0 Å². The molecule has 4 rings (SSSR count). The average molecular weight is 333 g/mol. The van der Waals surface area contributed by atoms with Crippen LogP contribution in [0.25, 0.3) is 11.0 Å². The van der Waals surface area contributed by atoms with Crippen LogP contribution in [0.1, 0.15) is 29.6 Å². The van der Waals surface area contributed by atoms with Gasteiger partial charge in [-0.2, -0.15) is 0 Å². The van der Waals surface area contributed by atoms with E-state index in [2.05, 4.69) is 9.97 Å². The van der Waals surface area contributed by atoms with Crippen LogP contribution in [0.15, 0.2) is 24.5 Å². The van der Waals surface area contributed by atoms with Crippen molar-refractivity contribution in [2.45, 2.75) is 25.3 Å². The lowest BCUT2D eigenvalue weighted by Gasteiger charge is -2.29. The third-order valence-electron chi connectivity index (χ3n) is 4.79. The smallest absolute Gasteiger partial charge is 0.256 e. The van der Waals surface area contributed by atoms with E-state index in [9.17, 15) is 13.2 Å². The molecular formula is C16H19N3O3S. The first-order chi connectivity index (χ1) is 11.1. The third kappa shape index (κ3) is 2.73. The summed E-state index contributed by atoms with van der Waals surface area (Å²) in [5.41, 5.74) is 1.26. The van der Waals surface area contributed by atoms with Gasteiger partial charge in [0.1, 0.15) is 5.65 Å². The maximum atomic E-state index is 13.1. The molecule has 7 heteroatoms. The molecule has 1 unspecified atom stereocenters. The molecule has 3 heterocycles. The Morgan fingerprint density at radius 2 is 2.17 bits per heavy atom. The topological polar surface area (TPSA) is 83.1 Å². The number of hydrogen-bond acceptors (Lipinski definition) is 4. The molecule has 1 saturated carbocycles. The Kier molecular flexibility index (Phi) is 3.41. The van der Waals surface area contributed by atoms with Crippen molar-refractivity contribution in [2.24, 2.45) is 5.92 Å². The number of H-pyrrole nitrogens is 1. The van der Waals surface area contributed by atoms with Crippen LogP contribution in [0, 0.1) is 5.92 Å². The molecule has 1 N–H and O–H groups in total. The van der Waals surface area contributed by atoms with Gasteiger partial charge in [0.25, 0.3) is 5.91 Å². The lowest BCUT2D eigenvalue weighted by atomic mass is 10.1. The number of carbonyl (C=O) groups excluding carboxylic acids is 1. The number of fused-ring (bicyclic) bond motifs is 1. The van der Waals surface area contributed by atoms with Crippen molar-refractivity contribution in [1.29, 1.82) is 0 Å². The van der Waals surface area contributed by atoms with Gasteiger partial charge in [0.05, 0.1) is 17.1 Å². The summed E-state index contributed by atoms with van der Waals surface area (Å²) in [6.07, 6.45) is 5.90. The number of nitrogens with one attached hydrogen (secondary N) is 1. The number of pyridine rings is 1. The molecule has 1 saturated heterocycles. The van der Waals surface area contributed by atoms with E-state index >= 15 is 0 Å². The molecule has 2 aromatic rings. The molecule has 0 bridgehead atoms. The van der Waals surface area contributed by atoms with E-state index in [0.29, 0.717) is 30.1 Å². The molecule has 1 amide bonds. The van der Waals surface area contributed by atoms with Gasteiger partial charge in [-0.1, -0.05) is 0 Å². The molecule has 1 aliphatic heterocycles. The van der Waals surface area contributed by atoms with Gasteiger partial charge >= 0.3 is 0 Å². The molecule has 23 heavy (non-hydrogen) atoms. The van der Waals surface area contributed by atoms with Crippen molar-refractivity contribution in [3.8, 4) is 0 Å². The van der Waals surface area contributed by atoms with Crippen LogP contribution in [0.4, 0.5) is 0 Å². The fourth-order valence-electron chi connectivity index (χ4n) is 3.47. The summed E-state index contributed by atoms with van der Waals surface area (Å²) in [4.78, 5) is 22.1. The summed E-state index contributed by atoms with van der Waals surface area (Å²) in [6.45, 7) is 0.506. The van der Waals surface area contributed by atoms with Gasteiger partial charge in [0, 0.05) is 30.4 Å². The number of carbonyl (C=O) groups is 1. The Morgan fingerprint density at radius 1 is 1.35 bits per heavy atom. The number of sulfone groups is 1. The lowest BCUT2D eigenvalue weighted by Crippen LogP contribution is -2.44. The predicted octanol–water partition coefficient (Wildman–Crippen LogP) is 1.60. The molecule has 2 aliphatic rings. The van der Waals surface area contributed by atoms with Crippen LogP contribution in [0.3, 0.4) is 0 Å². The summed E-state index contributed by atoms with van der Waals surface area (Å²) in [5.74, 6) is 0.521. The molecule has 122 valence electrons. The number of aromatic amines is 1. The average Bonchev–Trinajstić information content (AvgIpc) is 3.29. The molecule has 0 aromatic carbocycles. The largest absolute Gasteiger partial charge is 0.345 e. The normalized spacial score (nSPS) is 24.5. The number of hydrogen-bond donors (Lipinski definition) is 1. The van der Waals surface area contributed by atoms with Crippen molar-refractivity contribution in [3.05, 3.63) is 30.1 Å². The highest BCUT2D eigenvalue weighted by Crippen LogP contribution is 2.38. The molecule has 2 fully saturated rings. The Balaban J connectivity index is 1.71. The predicted molar refractivity (Wildman–Crippen MR) is 86.9 cm³/mol. The van der Waals surface area contributed by atoms with Crippen LogP contribution in [0.2, 0.25) is 0 Å². The van der Waals surface area contributed by atoms with Crippen LogP contribution >= 0.6 is 0 Å². The highest BCUT2D eigenvalue weighted by atomic mass is 32.2. The number of rotatable bonds is 2. The Hall–Kier alpha value is -1.89. The van der Waals surface area contributed by atoms with Gasteiger partial charge in [-0.25, -0.2) is 13.4 Å². The number of nitrogens with zero attached hydrogens (tertiary/aromatic N) is 2. The fourth-order valence-corrected chi connectivity index (χ4v) is 5.17. The Bertz CT molecular complexity index is 854. The minimum absolute atomic E-state index is 0.0850. The van der Waals surface area contributed by atoms with E-state index in [4.69, 9.17) is 0 Å². The zero-order valence-electron chi connectivity index (χ0n) is 12.7. The van der Waals surface area contributed by atoms with Crippen molar-refractivity contribution in [1.82, 2.24) is 14.9 Å². The molecule has 2 aromatic heterocycles. The van der Waals surface area contributed by atoms with Gasteiger partial charge in [-0.3, -0.25) is 4.79 Å². The zero-order valence-corrected chi connectivity index (χ0v) is 13.6. The quantitative estimate of drug-likeness (QED) is 0.905. The van der Waals surface area contributed by atoms with E-state index in [1.54, 1.807) is 23.4 Å². The number of amides is 1. The first-order valence-electron chi connectivity index (χ1n) is 7.99. The van der Waals surface area contributed by atoms with Crippen LogP contribution in [0.5, 0.6) is 0 Å². The van der Waals surface area contributed by atoms with Gasteiger partial charge < -0.3 is 9.88 Å². The second-order valence-corrected chi connectivity index (χ2v) is 8.70. The maximum absolute atomic E-state index is 13.1. The summed E-state index contributed by atoms with van der Waals surface area (Å²) >= 11 is 0. The Morgan fingerprint density at radius 3 is 2.96 bits per heavy atom. The molecule has 0 spiro atoms. The van der Waals surface area contributed by atoms with E-state index in [0.717, 1.165) is 18.2 Å². The second kappa shape index (κ2) is 5.33. The van der Waals surface area contributed by atoms with E-state index in [1.165, 1.54) is 0 Å². The second-order valence-electron chi connectivity index (χ2n) is 6.47. The van der Waals surface area contributed by atoms with Gasteiger partial charge in [-0.05, 0) is 37.3 Å². The SMILES string of the molecule is O=C(c1c[nH]c2ncccc12)N1CCCS(=O)(=O)CC1C1CC1. The zero-order chi connectivity index (χ0) is 16.0. The summed E-state index contributed by atoms with van der Waals surface area (Å²) in [6, 6.07) is 3.49. The lowest BCUT2D eigenvalue weighted by molar-refractivity contribution is 0.0682. The minimum atomic E-state index is -3.07. The molecule has 1 atom stereocenters. The molecule has 1 aliphatic carbocycles. The van der Waals surface area contributed by atoms with Gasteiger partial charge in [0.15, 0.2) is 9.84 Å². The highest BCUT2D eigenvalue weighted by Gasteiger charge is 2.42. The highest BCUT2D eigenvalue weighted by molar-refractivity contribution is 7.91. The van der Waals surface area contributed by atoms with E-state index in [1.807, 2.05) is 6.07 Å². The third-order valence-corrected chi connectivity index (χ3v) is 6.55. The minimum Gasteiger partial charge on any atom is -0.345 e. The standard InChI is InChI=1S/C16H19N3O3S/c20-16(13-9-18-15-12(13)3-1-6-17-15)19-7-2-8-23(21,22)10-14(19)11-4-5-11/h1,3,6,9,11,14H,2,4-5,7-8,10H2,(H,17,18). The number of aromatic nitrogens is 2. The summed E-state index contributed by atoms with van der Waals surface area (Å²) in [7, 11) is -3.07. The molecular weight excluding hydrogens is 314 g/mol. The fraction of sp³-hybridized carbons (Fsp3) is 0.500. The molecule has 0 radical (unpaired) electrons. The van der Waals surface area contributed by atoms with E-state index in [-0.39, 0.29) is 23.5 Å². The van der Waals surface area contributed by atoms with Crippen molar-refractivity contribution >= 4 is 26.8 Å². The monoisotopic (exact) mass is 333 g/mol. The Labute approximate surface area is 134 Å². The van der Waals surface area contributed by atoms with Crippen LogP contribution in [-0.2, 0) is 9.84 Å².